The van der Waals surface area contributed by atoms with Crippen LogP contribution in [0, 0.1) is 0 Å². The van der Waals surface area contributed by atoms with Gasteiger partial charge in [-0.3, -0.25) is 4.79 Å². The van der Waals surface area contributed by atoms with E-state index >= 15 is 0 Å². The van der Waals surface area contributed by atoms with E-state index in [1.807, 2.05) is 18.2 Å². The second kappa shape index (κ2) is 5.12. The van der Waals surface area contributed by atoms with E-state index < -0.39 is 0 Å². The van der Waals surface area contributed by atoms with Gasteiger partial charge in [-0.25, -0.2) is 0 Å². The van der Waals surface area contributed by atoms with Crippen LogP contribution < -0.4 is 5.32 Å². The highest BCUT2D eigenvalue weighted by Crippen LogP contribution is 2.13. The minimum atomic E-state index is -0.0905. The number of hydrogen-bond acceptors (Lipinski definition) is 3. The summed E-state index contributed by atoms with van der Waals surface area (Å²) in [5.74, 6) is -0.0905. The Labute approximate surface area is 102 Å². The second-order valence-electron chi connectivity index (χ2n) is 3.48. The van der Waals surface area contributed by atoms with Crippen molar-refractivity contribution in [2.45, 2.75) is 12.5 Å². The fourth-order valence-corrected chi connectivity index (χ4v) is 1.85. The molecule has 1 aliphatic rings. The average molecular weight is 283 g/mol. The molecule has 4 nitrogen and oxygen atoms in total. The topological polar surface area (TPSA) is 50.7 Å². The molecule has 1 atom stereocenters. The maximum atomic E-state index is 11.7. The normalized spacial score (nSPS) is 18.8. The highest BCUT2D eigenvalue weighted by atomic mass is 79.9. The van der Waals surface area contributed by atoms with Crippen molar-refractivity contribution in [1.29, 1.82) is 0 Å². The van der Waals surface area contributed by atoms with E-state index in [1.165, 1.54) is 0 Å². The summed E-state index contributed by atoms with van der Waals surface area (Å²) in [6, 6.07) is 9.09. The van der Waals surface area contributed by atoms with Crippen LogP contribution in [-0.4, -0.2) is 23.2 Å². The number of carbonyl (C=O) groups excluding carboxylic acids is 1. The van der Waals surface area contributed by atoms with Crippen LogP contribution in [0.2, 0.25) is 0 Å². The predicted octanol–water partition coefficient (Wildman–Crippen LogP) is 1.91. The Hall–Kier alpha value is -1.36. The number of benzene rings is 1. The average Bonchev–Trinajstić information content (AvgIpc) is 2.73. The molecule has 1 heterocycles. The maximum absolute atomic E-state index is 11.7. The number of oxime groups is 1. The molecule has 0 spiro atoms. The summed E-state index contributed by atoms with van der Waals surface area (Å²) < 4.78 is 0.784. The van der Waals surface area contributed by atoms with E-state index in [2.05, 4.69) is 26.4 Å². The summed E-state index contributed by atoms with van der Waals surface area (Å²) in [7, 11) is 0. The van der Waals surface area contributed by atoms with Gasteiger partial charge in [0.05, 0.1) is 6.54 Å². The van der Waals surface area contributed by atoms with Crippen molar-refractivity contribution in [3.8, 4) is 0 Å². The van der Waals surface area contributed by atoms with Crippen molar-refractivity contribution < 1.29 is 9.63 Å². The summed E-state index contributed by atoms with van der Waals surface area (Å²) in [6.45, 7) is 0.465. The summed E-state index contributed by atoms with van der Waals surface area (Å²) in [4.78, 5) is 16.7. The molecule has 2 rings (SSSR count). The highest BCUT2D eigenvalue weighted by molar-refractivity contribution is 9.18. The lowest BCUT2D eigenvalue weighted by Gasteiger charge is -2.09. The van der Waals surface area contributed by atoms with Crippen molar-refractivity contribution in [1.82, 2.24) is 5.32 Å². The number of hydrogen-bond donors (Lipinski definition) is 1. The molecule has 5 heteroatoms. The van der Waals surface area contributed by atoms with Crippen molar-refractivity contribution in [2.24, 2.45) is 5.16 Å². The van der Waals surface area contributed by atoms with Crippen LogP contribution in [0.15, 0.2) is 35.5 Å². The summed E-state index contributed by atoms with van der Waals surface area (Å²) in [5.41, 5.74) is 0.653. The van der Waals surface area contributed by atoms with Crippen LogP contribution >= 0.6 is 15.9 Å². The molecule has 0 unspecified atom stereocenters. The van der Waals surface area contributed by atoms with Gasteiger partial charge in [-0.15, -0.1) is 0 Å². The number of nitrogens with zero attached hydrogens (tertiary/aromatic N) is 1. The maximum Gasteiger partial charge on any atom is 0.251 e. The standard InChI is InChI=1S/C11H11BrN2O2/c12-10-6-9(16-14-10)7-13-11(15)8-4-2-1-3-5-8/h1-5,9H,6-7H2,(H,13,15)/t9-/m0/s1. The molecule has 0 fully saturated rings. The minimum absolute atomic E-state index is 0.0676. The molecule has 84 valence electrons. The molecule has 0 aromatic heterocycles. The molecule has 1 aliphatic heterocycles. The Bertz CT molecular complexity index is 406. The summed E-state index contributed by atoms with van der Waals surface area (Å²) in [5, 5.41) is 6.55. The lowest BCUT2D eigenvalue weighted by molar-refractivity contribution is 0.0754. The van der Waals surface area contributed by atoms with E-state index in [0.717, 1.165) is 4.62 Å². The van der Waals surface area contributed by atoms with E-state index in [1.54, 1.807) is 12.1 Å². The van der Waals surface area contributed by atoms with Gasteiger partial charge in [0.25, 0.3) is 5.91 Å². The third-order valence-electron chi connectivity index (χ3n) is 2.22. The molecule has 1 N–H and O–H groups in total. The smallest absolute Gasteiger partial charge is 0.251 e. The minimum Gasteiger partial charge on any atom is -0.390 e. The van der Waals surface area contributed by atoms with Gasteiger partial charge in [-0.05, 0) is 28.1 Å². The predicted molar refractivity (Wildman–Crippen MR) is 64.6 cm³/mol. The lowest BCUT2D eigenvalue weighted by Crippen LogP contribution is -2.32. The Morgan fingerprint density at radius 2 is 2.25 bits per heavy atom. The fourth-order valence-electron chi connectivity index (χ4n) is 1.40. The van der Waals surface area contributed by atoms with Gasteiger partial charge < -0.3 is 10.2 Å². The molecule has 1 aromatic rings. The third-order valence-corrected chi connectivity index (χ3v) is 2.69. The van der Waals surface area contributed by atoms with Crippen molar-refractivity contribution in [3.63, 3.8) is 0 Å². The molecule has 0 bridgehead atoms. The van der Waals surface area contributed by atoms with Crippen LogP contribution in [0.4, 0.5) is 0 Å². The number of halogens is 1. The first kappa shape index (κ1) is 11.1. The Kier molecular flexibility index (Phi) is 3.56. The molecule has 1 aromatic carbocycles. The fraction of sp³-hybridized carbons (Fsp3) is 0.273. The number of rotatable bonds is 3. The lowest BCUT2D eigenvalue weighted by atomic mass is 10.2. The van der Waals surface area contributed by atoms with Gasteiger partial charge in [-0.2, -0.15) is 0 Å². The molecular formula is C11H11BrN2O2. The number of amides is 1. The Morgan fingerprint density at radius 3 is 2.88 bits per heavy atom. The first-order chi connectivity index (χ1) is 7.75. The van der Waals surface area contributed by atoms with Crippen LogP contribution in [0.5, 0.6) is 0 Å². The zero-order valence-corrected chi connectivity index (χ0v) is 10.1. The van der Waals surface area contributed by atoms with Crippen LogP contribution in [0.3, 0.4) is 0 Å². The van der Waals surface area contributed by atoms with E-state index in [9.17, 15) is 4.79 Å². The largest absolute Gasteiger partial charge is 0.390 e. The summed E-state index contributed by atoms with van der Waals surface area (Å²) in [6.07, 6.45) is 0.636. The van der Waals surface area contributed by atoms with Gasteiger partial charge in [0, 0.05) is 12.0 Å². The molecule has 0 radical (unpaired) electrons. The first-order valence-corrected chi connectivity index (χ1v) is 5.76. The zero-order valence-electron chi connectivity index (χ0n) is 8.52. The van der Waals surface area contributed by atoms with Gasteiger partial charge in [0.15, 0.2) is 6.10 Å². The quantitative estimate of drug-likeness (QED) is 0.921. The van der Waals surface area contributed by atoms with Gasteiger partial charge in [0.1, 0.15) is 4.62 Å². The Morgan fingerprint density at radius 1 is 1.50 bits per heavy atom. The number of carbonyl (C=O) groups is 1. The summed E-state index contributed by atoms with van der Waals surface area (Å²) >= 11 is 3.24. The molecule has 0 saturated heterocycles. The van der Waals surface area contributed by atoms with Crippen LogP contribution in [-0.2, 0) is 4.84 Å². The molecule has 1 amide bonds. The van der Waals surface area contributed by atoms with Crippen molar-refractivity contribution in [2.75, 3.05) is 6.54 Å². The highest BCUT2D eigenvalue weighted by Gasteiger charge is 2.19. The van der Waals surface area contributed by atoms with Gasteiger partial charge in [0.2, 0.25) is 0 Å². The monoisotopic (exact) mass is 282 g/mol. The van der Waals surface area contributed by atoms with E-state index in [-0.39, 0.29) is 12.0 Å². The second-order valence-corrected chi connectivity index (χ2v) is 4.39. The van der Waals surface area contributed by atoms with E-state index in [0.29, 0.717) is 18.5 Å². The van der Waals surface area contributed by atoms with Crippen molar-refractivity contribution in [3.05, 3.63) is 35.9 Å². The van der Waals surface area contributed by atoms with Gasteiger partial charge in [-0.1, -0.05) is 23.4 Å². The van der Waals surface area contributed by atoms with Crippen molar-refractivity contribution >= 4 is 26.5 Å². The van der Waals surface area contributed by atoms with Crippen LogP contribution in [0.25, 0.3) is 0 Å². The number of nitrogens with one attached hydrogen (secondary N) is 1. The molecule has 0 saturated carbocycles. The Balaban J connectivity index is 1.81. The molecular weight excluding hydrogens is 272 g/mol. The zero-order chi connectivity index (χ0) is 11.4. The molecule has 16 heavy (non-hydrogen) atoms. The van der Waals surface area contributed by atoms with E-state index in [4.69, 9.17) is 4.84 Å². The van der Waals surface area contributed by atoms with Crippen LogP contribution in [0.1, 0.15) is 16.8 Å². The molecule has 0 aliphatic carbocycles. The SMILES string of the molecule is O=C(NC[C@@H]1CC(Br)=NO1)c1ccccc1. The third kappa shape index (κ3) is 2.82. The first-order valence-electron chi connectivity index (χ1n) is 4.97. The van der Waals surface area contributed by atoms with Gasteiger partial charge >= 0.3 is 0 Å².